The van der Waals surface area contributed by atoms with E-state index in [0.29, 0.717) is 34.2 Å². The number of aldehydes is 1. The number of nitrogens with zero attached hydrogens (tertiary/aromatic N) is 4. The fraction of sp³-hybridized carbons (Fsp3) is 0.107. The van der Waals surface area contributed by atoms with Gasteiger partial charge in [0.15, 0.2) is 0 Å². The lowest BCUT2D eigenvalue weighted by molar-refractivity contribution is -0.385. The Bertz CT molecular complexity index is 1570. The molecule has 4 aromatic carbocycles. The molecule has 1 aliphatic rings. The lowest BCUT2D eigenvalue weighted by atomic mass is 9.81. The molecule has 0 spiro atoms. The van der Waals surface area contributed by atoms with Gasteiger partial charge in [0, 0.05) is 47.9 Å². The number of nitro benzene ring substituents is 3. The number of nitro groups is 3. The summed E-state index contributed by atoms with van der Waals surface area (Å²) in [4.78, 5) is 50.1. The second-order valence-electron chi connectivity index (χ2n) is 9.08. The Kier molecular flexibility index (Phi) is 7.00. The SMILES string of the molecule is O=Cc1ccc(N2O[C@@H](c3ccc([N+](=O)[O-])cc3)[C@@H](c3ccc([N+](=O)[O-])cc3)[C@@H]2c2ccc([N+](=O)[O-])cc2)cc1. The summed E-state index contributed by atoms with van der Waals surface area (Å²) >= 11 is 0. The van der Waals surface area contributed by atoms with Crippen molar-refractivity contribution < 1.29 is 24.4 Å². The first-order valence-corrected chi connectivity index (χ1v) is 12.0. The van der Waals surface area contributed by atoms with Crippen LogP contribution in [0.5, 0.6) is 0 Å². The van der Waals surface area contributed by atoms with Crippen molar-refractivity contribution >= 4 is 29.0 Å². The molecule has 12 nitrogen and oxygen atoms in total. The zero-order valence-electron chi connectivity index (χ0n) is 20.6. The lowest BCUT2D eigenvalue weighted by Crippen LogP contribution is -2.23. The van der Waals surface area contributed by atoms with E-state index in [4.69, 9.17) is 4.84 Å². The normalized spacial score (nSPS) is 18.3. The number of rotatable bonds is 8. The van der Waals surface area contributed by atoms with Crippen molar-refractivity contribution in [2.75, 3.05) is 5.06 Å². The highest BCUT2D eigenvalue weighted by Gasteiger charge is 2.46. The van der Waals surface area contributed by atoms with Gasteiger partial charge in [-0.3, -0.25) is 40.0 Å². The van der Waals surface area contributed by atoms with Gasteiger partial charge in [0.25, 0.3) is 17.1 Å². The van der Waals surface area contributed by atoms with Crippen molar-refractivity contribution in [3.05, 3.63) is 150 Å². The maximum absolute atomic E-state index is 11.3. The zero-order valence-corrected chi connectivity index (χ0v) is 20.6. The van der Waals surface area contributed by atoms with E-state index in [1.165, 1.54) is 36.4 Å². The van der Waals surface area contributed by atoms with E-state index in [-0.39, 0.29) is 17.1 Å². The zero-order chi connectivity index (χ0) is 28.4. The highest BCUT2D eigenvalue weighted by molar-refractivity contribution is 5.75. The molecule has 0 unspecified atom stereocenters. The van der Waals surface area contributed by atoms with Crippen molar-refractivity contribution in [1.29, 1.82) is 0 Å². The van der Waals surface area contributed by atoms with Crippen molar-refractivity contribution in [2.45, 2.75) is 18.1 Å². The van der Waals surface area contributed by atoms with Crippen molar-refractivity contribution in [3.63, 3.8) is 0 Å². The van der Waals surface area contributed by atoms with Crippen LogP contribution in [-0.2, 0) is 4.84 Å². The molecule has 4 aromatic rings. The van der Waals surface area contributed by atoms with Gasteiger partial charge in [0.2, 0.25) is 0 Å². The van der Waals surface area contributed by atoms with E-state index in [2.05, 4.69) is 0 Å². The summed E-state index contributed by atoms with van der Waals surface area (Å²) in [6.45, 7) is 0. The van der Waals surface area contributed by atoms with Gasteiger partial charge in [-0.2, -0.15) is 0 Å². The molecule has 0 aliphatic carbocycles. The summed E-state index contributed by atoms with van der Waals surface area (Å²) < 4.78 is 0. The van der Waals surface area contributed by atoms with Gasteiger partial charge in [-0.1, -0.05) is 24.3 Å². The average molecular weight is 540 g/mol. The van der Waals surface area contributed by atoms with Crippen LogP contribution in [0.3, 0.4) is 0 Å². The molecule has 1 saturated heterocycles. The maximum atomic E-state index is 11.3. The molecule has 5 rings (SSSR count). The van der Waals surface area contributed by atoms with Gasteiger partial charge in [0.1, 0.15) is 12.4 Å². The fourth-order valence-corrected chi connectivity index (χ4v) is 4.85. The summed E-state index contributed by atoms with van der Waals surface area (Å²) in [6.07, 6.45) is 0.00936. The topological polar surface area (TPSA) is 159 Å². The van der Waals surface area contributed by atoms with Gasteiger partial charge < -0.3 is 0 Å². The Balaban J connectivity index is 1.68. The van der Waals surface area contributed by atoms with Crippen LogP contribution in [0.25, 0.3) is 0 Å². The van der Waals surface area contributed by atoms with Gasteiger partial charge in [0.05, 0.1) is 26.5 Å². The molecule has 1 heterocycles. The number of benzene rings is 4. The van der Waals surface area contributed by atoms with Crippen LogP contribution in [-0.4, -0.2) is 21.1 Å². The van der Waals surface area contributed by atoms with Gasteiger partial charge in [-0.25, -0.2) is 5.06 Å². The molecular formula is C28H20N4O8. The number of hydrogen-bond donors (Lipinski definition) is 0. The standard InChI is InChI=1S/C28H20N4O8/c33-17-18-1-9-22(10-2-18)29-27(20-5-13-24(14-6-20)31(36)37)26(19-3-11-23(12-4-19)30(34)35)28(40-29)21-7-15-25(16-8-21)32(38)39/h1-17,26-28H/t26-,27-,28-/m0/s1. The average Bonchev–Trinajstić information content (AvgIpc) is 3.38. The number of hydrogen-bond acceptors (Lipinski definition) is 9. The molecule has 0 amide bonds. The molecule has 1 fully saturated rings. The predicted octanol–water partition coefficient (Wildman–Crippen LogP) is 6.24. The van der Waals surface area contributed by atoms with E-state index < -0.39 is 32.8 Å². The summed E-state index contributed by atoms with van der Waals surface area (Å²) in [7, 11) is 0. The summed E-state index contributed by atoms with van der Waals surface area (Å²) in [6, 6.07) is 24.0. The maximum Gasteiger partial charge on any atom is 0.269 e. The second kappa shape index (κ2) is 10.7. The highest BCUT2D eigenvalue weighted by atomic mass is 16.7. The van der Waals surface area contributed by atoms with E-state index in [9.17, 15) is 35.1 Å². The van der Waals surface area contributed by atoms with E-state index in [0.717, 1.165) is 0 Å². The largest absolute Gasteiger partial charge is 0.298 e. The molecular weight excluding hydrogens is 520 g/mol. The molecule has 0 bridgehead atoms. The second-order valence-corrected chi connectivity index (χ2v) is 9.08. The third kappa shape index (κ3) is 4.98. The first-order valence-electron chi connectivity index (χ1n) is 12.0. The van der Waals surface area contributed by atoms with Crippen molar-refractivity contribution in [1.82, 2.24) is 0 Å². The van der Waals surface area contributed by atoms with Crippen LogP contribution in [0, 0.1) is 30.3 Å². The number of hydroxylamine groups is 1. The third-order valence-corrected chi connectivity index (χ3v) is 6.80. The predicted molar refractivity (Wildman–Crippen MR) is 143 cm³/mol. The van der Waals surface area contributed by atoms with E-state index >= 15 is 0 Å². The minimum absolute atomic E-state index is 0.0941. The van der Waals surface area contributed by atoms with Crippen LogP contribution in [0.4, 0.5) is 22.7 Å². The summed E-state index contributed by atoms with van der Waals surface area (Å²) in [5, 5.41) is 35.5. The van der Waals surface area contributed by atoms with Gasteiger partial charge in [-0.05, 0) is 53.1 Å². The first-order chi connectivity index (χ1) is 19.3. The van der Waals surface area contributed by atoms with Crippen molar-refractivity contribution in [2.24, 2.45) is 0 Å². The molecule has 0 aromatic heterocycles. The van der Waals surface area contributed by atoms with Gasteiger partial charge in [-0.15, -0.1) is 0 Å². The van der Waals surface area contributed by atoms with Gasteiger partial charge >= 0.3 is 0 Å². The Hall–Kier alpha value is -5.49. The number of carbonyl (C=O) groups is 1. The Morgan fingerprint density at radius 2 is 1.02 bits per heavy atom. The van der Waals surface area contributed by atoms with E-state index in [1.807, 2.05) is 0 Å². The van der Waals surface area contributed by atoms with Crippen molar-refractivity contribution in [3.8, 4) is 0 Å². The fourth-order valence-electron chi connectivity index (χ4n) is 4.85. The Labute approximate surface area is 226 Å². The van der Waals surface area contributed by atoms with Crippen LogP contribution < -0.4 is 5.06 Å². The number of anilines is 1. The summed E-state index contributed by atoms with van der Waals surface area (Å²) in [5.74, 6) is -0.505. The monoisotopic (exact) mass is 540 g/mol. The molecule has 1 aliphatic heterocycles. The molecule has 0 radical (unpaired) electrons. The first kappa shape index (κ1) is 26.1. The minimum atomic E-state index is -0.701. The van der Waals surface area contributed by atoms with Crippen LogP contribution in [0.2, 0.25) is 0 Å². The molecule has 12 heteroatoms. The van der Waals surface area contributed by atoms with Crippen LogP contribution >= 0.6 is 0 Å². The van der Waals surface area contributed by atoms with Crippen LogP contribution in [0.15, 0.2) is 97.1 Å². The number of carbonyl (C=O) groups excluding carboxylic acids is 1. The number of non-ortho nitro benzene ring substituents is 3. The lowest BCUT2D eigenvalue weighted by Gasteiger charge is -2.28. The van der Waals surface area contributed by atoms with Crippen LogP contribution in [0.1, 0.15) is 45.1 Å². The highest BCUT2D eigenvalue weighted by Crippen LogP contribution is 2.54. The third-order valence-electron chi connectivity index (χ3n) is 6.80. The minimum Gasteiger partial charge on any atom is -0.298 e. The summed E-state index contributed by atoms with van der Waals surface area (Å²) in [5.41, 5.74) is 2.72. The van der Waals surface area contributed by atoms with E-state index in [1.54, 1.807) is 65.7 Å². The molecule has 0 N–H and O–H groups in total. The molecule has 200 valence electrons. The smallest absolute Gasteiger partial charge is 0.269 e. The Morgan fingerprint density at radius 1 is 0.600 bits per heavy atom. The Morgan fingerprint density at radius 3 is 1.45 bits per heavy atom. The molecule has 3 atom stereocenters. The quantitative estimate of drug-likeness (QED) is 0.143. The molecule has 40 heavy (non-hydrogen) atoms. The molecule has 0 saturated carbocycles.